The van der Waals surface area contributed by atoms with Gasteiger partial charge in [-0.1, -0.05) is 60.7 Å². The lowest BCUT2D eigenvalue weighted by Gasteiger charge is -2.24. The van der Waals surface area contributed by atoms with E-state index in [1.165, 1.54) is 63.4 Å². The molecule has 0 bridgehead atoms. The highest BCUT2D eigenvalue weighted by Gasteiger charge is 2.23. The first kappa shape index (κ1) is 25.3. The molecule has 0 unspecified atom stereocenters. The van der Waals surface area contributed by atoms with Gasteiger partial charge in [0.05, 0.1) is 22.0 Å². The second-order valence-electron chi connectivity index (χ2n) is 10.3. The summed E-state index contributed by atoms with van der Waals surface area (Å²) >= 11 is 8.06. The molecule has 1 amide bonds. The average molecular weight is 522 g/mol. The van der Waals surface area contributed by atoms with Gasteiger partial charge in [0.25, 0.3) is 5.91 Å². The fraction of sp³-hybridized carbons (Fsp3) is 0.467. The number of nitrogens with zero attached hydrogens (tertiary/aromatic N) is 2. The molecule has 2 aliphatic carbocycles. The average Bonchev–Trinajstić information content (AvgIpc) is 3.51. The third-order valence-corrected chi connectivity index (χ3v) is 8.97. The summed E-state index contributed by atoms with van der Waals surface area (Å²) in [5.41, 5.74) is 6.20. The van der Waals surface area contributed by atoms with Gasteiger partial charge in [0.1, 0.15) is 5.01 Å². The minimum Gasteiger partial charge on any atom is -0.352 e. The zero-order valence-corrected chi connectivity index (χ0v) is 22.8. The number of amides is 1. The summed E-state index contributed by atoms with van der Waals surface area (Å²) in [6.45, 7) is 3.73. The van der Waals surface area contributed by atoms with Gasteiger partial charge in [-0.2, -0.15) is 0 Å². The first-order valence-corrected chi connectivity index (χ1v) is 14.7. The number of aromatic nitrogens is 2. The van der Waals surface area contributed by atoms with Crippen LogP contribution in [0.4, 0.5) is 0 Å². The van der Waals surface area contributed by atoms with Gasteiger partial charge in [-0.15, -0.1) is 11.3 Å². The number of nitrogens with one attached hydrogen (secondary N) is 1. The molecule has 2 heterocycles. The van der Waals surface area contributed by atoms with Crippen LogP contribution in [0.2, 0.25) is 5.02 Å². The number of carbonyl (C=O) groups is 1. The van der Waals surface area contributed by atoms with E-state index < -0.39 is 0 Å². The van der Waals surface area contributed by atoms with Crippen molar-refractivity contribution in [2.75, 3.05) is 6.54 Å². The summed E-state index contributed by atoms with van der Waals surface area (Å²) in [6.07, 6.45) is 14.7. The van der Waals surface area contributed by atoms with Crippen molar-refractivity contribution in [1.29, 1.82) is 0 Å². The van der Waals surface area contributed by atoms with Gasteiger partial charge in [0.2, 0.25) is 0 Å². The number of allylic oxidation sites excluding steroid dienone is 1. The molecule has 4 nitrogen and oxygen atoms in total. The molecule has 0 aliphatic heterocycles. The first-order chi connectivity index (χ1) is 17.6. The largest absolute Gasteiger partial charge is 0.352 e. The summed E-state index contributed by atoms with van der Waals surface area (Å²) in [7, 11) is 0. The second-order valence-corrected chi connectivity index (χ2v) is 11.5. The number of carbonyl (C=O) groups excluding carboxylic acids is 1. The highest BCUT2D eigenvalue weighted by atomic mass is 35.5. The van der Waals surface area contributed by atoms with Crippen molar-refractivity contribution in [1.82, 2.24) is 14.9 Å². The molecule has 0 spiro atoms. The molecule has 1 saturated carbocycles. The Hall–Kier alpha value is -2.37. The Labute approximate surface area is 223 Å². The minimum atomic E-state index is 0.0223. The quantitative estimate of drug-likeness (QED) is 0.302. The van der Waals surface area contributed by atoms with Crippen molar-refractivity contribution in [3.63, 3.8) is 0 Å². The van der Waals surface area contributed by atoms with Crippen LogP contribution in [0, 0.1) is 12.8 Å². The first-order valence-electron chi connectivity index (χ1n) is 13.5. The van der Waals surface area contributed by atoms with E-state index in [9.17, 15) is 4.79 Å². The van der Waals surface area contributed by atoms with Crippen LogP contribution in [0.1, 0.15) is 80.3 Å². The third-order valence-electron chi connectivity index (χ3n) is 7.76. The monoisotopic (exact) mass is 521 g/mol. The number of hydrogen-bond acceptors (Lipinski definition) is 3. The maximum absolute atomic E-state index is 13.3. The fourth-order valence-electron chi connectivity index (χ4n) is 5.66. The molecule has 5 rings (SSSR count). The van der Waals surface area contributed by atoms with Crippen LogP contribution in [-0.2, 0) is 6.54 Å². The van der Waals surface area contributed by atoms with E-state index in [0.29, 0.717) is 17.5 Å². The van der Waals surface area contributed by atoms with E-state index in [4.69, 9.17) is 16.6 Å². The smallest absolute Gasteiger partial charge is 0.253 e. The normalized spacial score (nSPS) is 16.7. The molecular formula is C30H36ClN3OS. The summed E-state index contributed by atoms with van der Waals surface area (Å²) in [5, 5.41) is 6.91. The van der Waals surface area contributed by atoms with E-state index in [2.05, 4.69) is 34.3 Å². The minimum absolute atomic E-state index is 0.0223. The number of thiazole rings is 1. The van der Waals surface area contributed by atoms with E-state index in [1.54, 1.807) is 11.3 Å². The highest BCUT2D eigenvalue weighted by Crippen LogP contribution is 2.36. The zero-order chi connectivity index (χ0) is 24.9. The van der Waals surface area contributed by atoms with Crippen molar-refractivity contribution in [3.8, 4) is 22.0 Å². The molecule has 1 aromatic carbocycles. The van der Waals surface area contributed by atoms with Gasteiger partial charge in [-0.05, 0) is 69.9 Å². The highest BCUT2D eigenvalue weighted by molar-refractivity contribution is 7.13. The summed E-state index contributed by atoms with van der Waals surface area (Å²) < 4.78 is 2.35. The molecule has 0 atom stereocenters. The maximum Gasteiger partial charge on any atom is 0.253 e. The van der Waals surface area contributed by atoms with Crippen LogP contribution in [-0.4, -0.2) is 22.0 Å². The van der Waals surface area contributed by atoms with Crippen molar-refractivity contribution < 1.29 is 4.79 Å². The Morgan fingerprint density at radius 2 is 2.00 bits per heavy atom. The number of rotatable bonds is 8. The molecule has 3 aromatic rings. The Kier molecular flexibility index (Phi) is 8.28. The SMILES string of the molecule is Cc1c(C(=O)NCCC2=CCCCC2)cc(-c2csc(-c3ccccc3Cl)n2)n1CC1CCCCC1. The Bertz CT molecular complexity index is 1230. The lowest BCUT2D eigenvalue weighted by molar-refractivity contribution is 0.0953. The van der Waals surface area contributed by atoms with E-state index >= 15 is 0 Å². The van der Waals surface area contributed by atoms with E-state index in [1.807, 2.05) is 24.3 Å². The van der Waals surface area contributed by atoms with Crippen LogP contribution in [0.3, 0.4) is 0 Å². The van der Waals surface area contributed by atoms with Crippen molar-refractivity contribution in [2.45, 2.75) is 77.7 Å². The van der Waals surface area contributed by atoms with E-state index in [0.717, 1.165) is 46.2 Å². The predicted molar refractivity (Wildman–Crippen MR) is 151 cm³/mol. The van der Waals surface area contributed by atoms with Gasteiger partial charge < -0.3 is 9.88 Å². The van der Waals surface area contributed by atoms with Crippen molar-refractivity contribution in [3.05, 3.63) is 63.6 Å². The van der Waals surface area contributed by atoms with Crippen LogP contribution in [0.25, 0.3) is 22.0 Å². The summed E-state index contributed by atoms with van der Waals surface area (Å²) in [5.74, 6) is 0.675. The fourth-order valence-corrected chi connectivity index (χ4v) is 6.80. The second kappa shape index (κ2) is 11.8. The van der Waals surface area contributed by atoms with E-state index in [-0.39, 0.29) is 5.91 Å². The predicted octanol–water partition coefficient (Wildman–Crippen LogP) is 8.44. The molecule has 1 N–H and O–H groups in total. The molecule has 190 valence electrons. The topological polar surface area (TPSA) is 46.9 Å². The lowest BCUT2D eigenvalue weighted by atomic mass is 9.89. The van der Waals surface area contributed by atoms with Gasteiger partial charge in [0.15, 0.2) is 0 Å². The molecule has 6 heteroatoms. The van der Waals surface area contributed by atoms with Crippen LogP contribution in [0.15, 0.2) is 47.4 Å². The van der Waals surface area contributed by atoms with Gasteiger partial charge >= 0.3 is 0 Å². The molecule has 0 saturated heterocycles. The Morgan fingerprint density at radius 3 is 2.78 bits per heavy atom. The number of hydrogen-bond donors (Lipinski definition) is 1. The van der Waals surface area contributed by atoms with Crippen LogP contribution >= 0.6 is 22.9 Å². The van der Waals surface area contributed by atoms with Gasteiger partial charge in [-0.25, -0.2) is 4.98 Å². The summed E-state index contributed by atoms with van der Waals surface area (Å²) in [6, 6.07) is 9.90. The zero-order valence-electron chi connectivity index (χ0n) is 21.2. The third kappa shape index (κ3) is 5.78. The molecule has 36 heavy (non-hydrogen) atoms. The van der Waals surface area contributed by atoms with Crippen LogP contribution < -0.4 is 5.32 Å². The molecular weight excluding hydrogens is 486 g/mol. The summed E-state index contributed by atoms with van der Waals surface area (Å²) in [4.78, 5) is 18.3. The molecule has 2 aliphatic rings. The van der Waals surface area contributed by atoms with Gasteiger partial charge in [0, 0.05) is 29.7 Å². The van der Waals surface area contributed by atoms with Gasteiger partial charge in [-0.3, -0.25) is 4.79 Å². The van der Waals surface area contributed by atoms with Crippen LogP contribution in [0.5, 0.6) is 0 Å². The Balaban J connectivity index is 1.40. The number of halogens is 1. The van der Waals surface area contributed by atoms with Crippen molar-refractivity contribution >= 4 is 28.8 Å². The number of benzene rings is 1. The molecule has 1 fully saturated rings. The maximum atomic E-state index is 13.3. The molecule has 2 aromatic heterocycles. The van der Waals surface area contributed by atoms with Crippen molar-refractivity contribution in [2.24, 2.45) is 5.92 Å². The molecule has 0 radical (unpaired) electrons. The Morgan fingerprint density at radius 1 is 1.17 bits per heavy atom. The lowest BCUT2D eigenvalue weighted by Crippen LogP contribution is -2.25. The standard InChI is InChI=1S/C30H36ClN3OS/c1-21-25(29(35)32-17-16-22-10-4-2-5-11-22)18-28(34(21)19-23-12-6-3-7-13-23)27-20-36-30(33-27)24-14-8-9-15-26(24)31/h8-10,14-15,18,20,23H,2-7,11-13,16-17,19H2,1H3,(H,32,35).